The van der Waals surface area contributed by atoms with Crippen molar-refractivity contribution in [2.75, 3.05) is 20.3 Å². The summed E-state index contributed by atoms with van der Waals surface area (Å²) in [7, 11) is 1.65. The highest BCUT2D eigenvalue weighted by Crippen LogP contribution is 2.12. The molecule has 2 atom stereocenters. The highest BCUT2D eigenvalue weighted by molar-refractivity contribution is 5.70. The Hall–Kier alpha value is -0.610. The van der Waals surface area contributed by atoms with Gasteiger partial charge in [0.2, 0.25) is 0 Å². The van der Waals surface area contributed by atoms with Crippen molar-refractivity contribution in [2.24, 2.45) is 17.6 Å². The van der Waals surface area contributed by atoms with Crippen LogP contribution in [0.5, 0.6) is 0 Å². The fourth-order valence-electron chi connectivity index (χ4n) is 1.20. The number of hydrogen-bond donors (Lipinski definition) is 2. The molecule has 0 fully saturated rings. The maximum absolute atomic E-state index is 10.6. The van der Waals surface area contributed by atoms with Gasteiger partial charge in [-0.1, -0.05) is 6.92 Å². The Morgan fingerprint density at radius 2 is 2.15 bits per heavy atom. The first kappa shape index (κ1) is 12.4. The molecule has 13 heavy (non-hydrogen) atoms. The minimum atomic E-state index is -0.799. The molecule has 0 aliphatic carbocycles. The summed E-state index contributed by atoms with van der Waals surface area (Å²) in [5.74, 6) is -0.801. The number of carbonyl (C=O) groups is 1. The van der Waals surface area contributed by atoms with Crippen LogP contribution in [-0.2, 0) is 9.53 Å². The van der Waals surface area contributed by atoms with E-state index in [1.54, 1.807) is 7.11 Å². The van der Waals surface area contributed by atoms with E-state index in [1.807, 2.05) is 6.92 Å². The van der Waals surface area contributed by atoms with Crippen LogP contribution in [-0.4, -0.2) is 31.3 Å². The molecule has 0 spiro atoms. The van der Waals surface area contributed by atoms with E-state index in [2.05, 4.69) is 0 Å². The van der Waals surface area contributed by atoms with E-state index in [9.17, 15) is 4.79 Å². The van der Waals surface area contributed by atoms with Crippen molar-refractivity contribution in [1.82, 2.24) is 0 Å². The van der Waals surface area contributed by atoms with Crippen LogP contribution >= 0.6 is 0 Å². The third-order valence-corrected chi connectivity index (χ3v) is 2.09. The Bertz CT molecular complexity index is 150. The molecule has 0 radical (unpaired) electrons. The third kappa shape index (κ3) is 5.60. The van der Waals surface area contributed by atoms with Gasteiger partial charge >= 0.3 is 5.97 Å². The molecule has 3 N–H and O–H groups in total. The van der Waals surface area contributed by atoms with Gasteiger partial charge in [-0.05, 0) is 18.8 Å². The number of rotatable bonds is 7. The molecule has 2 unspecified atom stereocenters. The molecule has 0 rings (SSSR count). The predicted octanol–water partition coefficient (Wildman–Crippen LogP) is 0.709. The lowest BCUT2D eigenvalue weighted by atomic mass is 9.97. The average molecular weight is 189 g/mol. The van der Waals surface area contributed by atoms with Gasteiger partial charge in [-0.2, -0.15) is 0 Å². The van der Waals surface area contributed by atoms with E-state index >= 15 is 0 Å². The Balaban J connectivity index is 3.65. The molecule has 4 nitrogen and oxygen atoms in total. The van der Waals surface area contributed by atoms with Crippen molar-refractivity contribution in [2.45, 2.75) is 19.8 Å². The van der Waals surface area contributed by atoms with E-state index < -0.39 is 11.9 Å². The van der Waals surface area contributed by atoms with Gasteiger partial charge in [0, 0.05) is 20.3 Å². The largest absolute Gasteiger partial charge is 0.481 e. The zero-order chi connectivity index (χ0) is 10.3. The molecule has 0 saturated carbocycles. The molecule has 0 heterocycles. The first-order valence-electron chi connectivity index (χ1n) is 4.53. The second-order valence-electron chi connectivity index (χ2n) is 3.41. The fourth-order valence-corrected chi connectivity index (χ4v) is 1.20. The van der Waals surface area contributed by atoms with Crippen LogP contribution in [0.4, 0.5) is 0 Å². The summed E-state index contributed by atoms with van der Waals surface area (Å²) < 4.78 is 4.95. The highest BCUT2D eigenvalue weighted by Gasteiger charge is 2.16. The number of carboxylic acids is 1. The maximum atomic E-state index is 10.6. The zero-order valence-corrected chi connectivity index (χ0v) is 8.32. The van der Waals surface area contributed by atoms with Crippen molar-refractivity contribution in [3.63, 3.8) is 0 Å². The van der Waals surface area contributed by atoms with Crippen molar-refractivity contribution in [1.29, 1.82) is 0 Å². The molecule has 0 bridgehead atoms. The summed E-state index contributed by atoms with van der Waals surface area (Å²) in [5.41, 5.74) is 5.32. The van der Waals surface area contributed by atoms with Gasteiger partial charge in [0.25, 0.3) is 0 Å². The van der Waals surface area contributed by atoms with E-state index in [-0.39, 0.29) is 6.54 Å². The van der Waals surface area contributed by atoms with E-state index in [0.29, 0.717) is 18.9 Å². The summed E-state index contributed by atoms with van der Waals surface area (Å²) in [4.78, 5) is 10.6. The van der Waals surface area contributed by atoms with Crippen molar-refractivity contribution < 1.29 is 14.6 Å². The molecular formula is C9H19NO3. The van der Waals surface area contributed by atoms with E-state index in [1.165, 1.54) is 0 Å². The number of ether oxygens (including phenoxy) is 1. The second-order valence-corrected chi connectivity index (χ2v) is 3.41. The number of hydrogen-bond acceptors (Lipinski definition) is 3. The smallest absolute Gasteiger partial charge is 0.307 e. The molecule has 0 aromatic heterocycles. The molecule has 78 valence electrons. The number of methoxy groups -OCH3 is 1. The third-order valence-electron chi connectivity index (χ3n) is 2.09. The first-order valence-corrected chi connectivity index (χ1v) is 4.53. The van der Waals surface area contributed by atoms with Crippen LogP contribution in [0, 0.1) is 11.8 Å². The molecule has 0 amide bonds. The summed E-state index contributed by atoms with van der Waals surface area (Å²) in [6, 6.07) is 0. The Labute approximate surface area is 79.1 Å². The predicted molar refractivity (Wildman–Crippen MR) is 50.5 cm³/mol. The molecule has 0 aliphatic heterocycles. The van der Waals surface area contributed by atoms with Gasteiger partial charge in [-0.25, -0.2) is 0 Å². The van der Waals surface area contributed by atoms with Gasteiger partial charge < -0.3 is 15.6 Å². The molecule has 0 aromatic carbocycles. The topological polar surface area (TPSA) is 72.5 Å². The van der Waals surface area contributed by atoms with Gasteiger partial charge in [-0.15, -0.1) is 0 Å². The quantitative estimate of drug-likeness (QED) is 0.618. The van der Waals surface area contributed by atoms with Crippen LogP contribution in [0.2, 0.25) is 0 Å². The van der Waals surface area contributed by atoms with E-state index in [0.717, 1.165) is 6.42 Å². The summed E-state index contributed by atoms with van der Waals surface area (Å²) in [6.07, 6.45) is 1.48. The second kappa shape index (κ2) is 6.86. The van der Waals surface area contributed by atoms with Gasteiger partial charge in [0.1, 0.15) is 0 Å². The fraction of sp³-hybridized carbons (Fsp3) is 0.889. The minimum Gasteiger partial charge on any atom is -0.481 e. The Morgan fingerprint density at radius 3 is 2.54 bits per heavy atom. The highest BCUT2D eigenvalue weighted by atomic mass is 16.5. The standard InChI is InChI=1S/C9H19NO3/c1-7(6-13-2)3-4-8(5-10)9(11)12/h7-8H,3-6,10H2,1-2H3,(H,11,12). The molecule has 0 saturated heterocycles. The molecular weight excluding hydrogens is 170 g/mol. The first-order chi connectivity index (χ1) is 6.11. The van der Waals surface area contributed by atoms with Crippen molar-refractivity contribution in [3.05, 3.63) is 0 Å². The monoisotopic (exact) mass is 189 g/mol. The maximum Gasteiger partial charge on any atom is 0.307 e. The summed E-state index contributed by atoms with van der Waals surface area (Å²) in [5, 5.41) is 8.70. The van der Waals surface area contributed by atoms with Crippen LogP contribution in [0.1, 0.15) is 19.8 Å². The van der Waals surface area contributed by atoms with Gasteiger partial charge in [0.15, 0.2) is 0 Å². The van der Waals surface area contributed by atoms with Crippen LogP contribution in [0.15, 0.2) is 0 Å². The summed E-state index contributed by atoms with van der Waals surface area (Å²) >= 11 is 0. The number of carboxylic acid groups (broad SMARTS) is 1. The van der Waals surface area contributed by atoms with Crippen molar-refractivity contribution >= 4 is 5.97 Å². The average Bonchev–Trinajstić information content (AvgIpc) is 2.05. The Kier molecular flexibility index (Phi) is 6.54. The molecule has 0 aromatic rings. The van der Waals surface area contributed by atoms with Gasteiger partial charge in [0.05, 0.1) is 5.92 Å². The summed E-state index contributed by atoms with van der Waals surface area (Å²) in [6.45, 7) is 2.94. The number of nitrogens with two attached hydrogens (primary N) is 1. The SMILES string of the molecule is COCC(C)CCC(CN)C(=O)O. The lowest BCUT2D eigenvalue weighted by Crippen LogP contribution is -2.24. The molecule has 4 heteroatoms. The minimum absolute atomic E-state index is 0.217. The zero-order valence-electron chi connectivity index (χ0n) is 8.32. The van der Waals surface area contributed by atoms with Crippen LogP contribution in [0.25, 0.3) is 0 Å². The lowest BCUT2D eigenvalue weighted by molar-refractivity contribution is -0.141. The molecule has 0 aliphatic rings. The number of aliphatic carboxylic acids is 1. The Morgan fingerprint density at radius 1 is 1.54 bits per heavy atom. The van der Waals surface area contributed by atoms with E-state index in [4.69, 9.17) is 15.6 Å². The normalized spacial score (nSPS) is 15.3. The van der Waals surface area contributed by atoms with Crippen molar-refractivity contribution in [3.8, 4) is 0 Å². The van der Waals surface area contributed by atoms with Crippen LogP contribution in [0.3, 0.4) is 0 Å². The van der Waals surface area contributed by atoms with Gasteiger partial charge in [-0.3, -0.25) is 4.79 Å². The lowest BCUT2D eigenvalue weighted by Gasteiger charge is -2.13. The van der Waals surface area contributed by atoms with Crippen LogP contribution < -0.4 is 5.73 Å².